The van der Waals surface area contributed by atoms with Crippen molar-refractivity contribution in [3.63, 3.8) is 0 Å². The number of fused-ring (bicyclic) bond motifs is 1. The van der Waals surface area contributed by atoms with Crippen LogP contribution in [0.4, 0.5) is 5.69 Å². The van der Waals surface area contributed by atoms with Crippen LogP contribution in [-0.2, 0) is 6.54 Å². The Bertz CT molecular complexity index is 1180. The Labute approximate surface area is 174 Å². The van der Waals surface area contributed by atoms with Gasteiger partial charge in [-0.25, -0.2) is 4.99 Å². The molecule has 2 aromatic carbocycles. The number of rotatable bonds is 4. The van der Waals surface area contributed by atoms with Crippen LogP contribution in [0.3, 0.4) is 0 Å². The predicted molar refractivity (Wildman–Crippen MR) is 114 cm³/mol. The fraction of sp³-hybridized carbons (Fsp3) is 0.0952. The molecule has 0 aliphatic carbocycles. The summed E-state index contributed by atoms with van der Waals surface area (Å²) in [4.78, 5) is 7.00. The predicted octanol–water partition coefficient (Wildman–Crippen LogP) is 5.94. The van der Waals surface area contributed by atoms with Crippen LogP contribution in [0.5, 0.6) is 11.5 Å². The number of benzene rings is 2. The molecule has 0 unspecified atom stereocenters. The molecule has 2 aromatic heterocycles. The van der Waals surface area contributed by atoms with Gasteiger partial charge in [0, 0.05) is 10.4 Å². The van der Waals surface area contributed by atoms with Crippen molar-refractivity contribution in [3.05, 3.63) is 80.7 Å². The van der Waals surface area contributed by atoms with E-state index in [0.717, 1.165) is 33.2 Å². The summed E-state index contributed by atoms with van der Waals surface area (Å²) in [6, 6.07) is 17.8. The van der Waals surface area contributed by atoms with Crippen LogP contribution in [0.25, 0.3) is 10.6 Å². The van der Waals surface area contributed by atoms with Crippen LogP contribution >= 0.6 is 34.3 Å². The third-order valence-electron chi connectivity index (χ3n) is 4.40. The Balaban J connectivity index is 1.59. The van der Waals surface area contributed by atoms with Crippen molar-refractivity contribution < 1.29 is 9.47 Å². The topological polar surface area (TPSA) is 35.8 Å². The molecule has 0 saturated carbocycles. The number of thiophene rings is 1. The second-order valence-electron chi connectivity index (χ2n) is 6.24. The average molecular weight is 427 g/mol. The first-order chi connectivity index (χ1) is 13.8. The standard InChI is InChI=1S/C21H15ClN2O2S2/c22-15-4-6-16(7-5-15)23-21-24(17(12-28-21)20-2-1-9-27-20)11-14-3-8-18-19(10-14)26-13-25-18/h1-10,12H,11,13H2. The Morgan fingerprint density at radius 2 is 1.86 bits per heavy atom. The van der Waals surface area contributed by atoms with Gasteiger partial charge in [-0.3, -0.25) is 0 Å². The summed E-state index contributed by atoms with van der Waals surface area (Å²) in [6.45, 7) is 0.974. The van der Waals surface area contributed by atoms with Crippen molar-refractivity contribution in [1.29, 1.82) is 0 Å². The maximum atomic E-state index is 6.01. The van der Waals surface area contributed by atoms with E-state index >= 15 is 0 Å². The van der Waals surface area contributed by atoms with Crippen LogP contribution in [0, 0.1) is 0 Å². The van der Waals surface area contributed by atoms with E-state index in [4.69, 9.17) is 26.1 Å². The first kappa shape index (κ1) is 17.6. The molecular weight excluding hydrogens is 412 g/mol. The van der Waals surface area contributed by atoms with Crippen LogP contribution in [0.15, 0.2) is 70.3 Å². The Hall–Kier alpha value is -2.54. The quantitative estimate of drug-likeness (QED) is 0.404. The van der Waals surface area contributed by atoms with E-state index in [2.05, 4.69) is 33.5 Å². The van der Waals surface area contributed by atoms with Gasteiger partial charge in [-0.15, -0.1) is 22.7 Å². The lowest BCUT2D eigenvalue weighted by Crippen LogP contribution is -2.16. The van der Waals surface area contributed by atoms with E-state index in [-0.39, 0.29) is 6.79 Å². The van der Waals surface area contributed by atoms with Gasteiger partial charge in [0.25, 0.3) is 0 Å². The second-order valence-corrected chi connectivity index (χ2v) is 8.46. The third-order valence-corrected chi connectivity index (χ3v) is 6.41. The van der Waals surface area contributed by atoms with E-state index in [0.29, 0.717) is 11.6 Å². The molecule has 0 atom stereocenters. The summed E-state index contributed by atoms with van der Waals surface area (Å²) < 4.78 is 13.2. The molecular formula is C21H15ClN2O2S2. The van der Waals surface area contributed by atoms with Crippen molar-refractivity contribution in [2.24, 2.45) is 4.99 Å². The Kier molecular flexibility index (Phi) is 4.68. The minimum atomic E-state index is 0.280. The minimum absolute atomic E-state index is 0.280. The van der Waals surface area contributed by atoms with Gasteiger partial charge in [0.15, 0.2) is 16.3 Å². The van der Waals surface area contributed by atoms with E-state index in [9.17, 15) is 0 Å². The smallest absolute Gasteiger partial charge is 0.231 e. The highest BCUT2D eigenvalue weighted by molar-refractivity contribution is 7.14. The van der Waals surface area contributed by atoms with Crippen LogP contribution in [0.1, 0.15) is 5.56 Å². The van der Waals surface area contributed by atoms with Crippen LogP contribution in [-0.4, -0.2) is 11.4 Å². The summed E-state index contributed by atoms with van der Waals surface area (Å²) in [5, 5.41) is 4.96. The van der Waals surface area contributed by atoms with Gasteiger partial charge in [0.1, 0.15) is 0 Å². The Morgan fingerprint density at radius 3 is 2.68 bits per heavy atom. The zero-order valence-electron chi connectivity index (χ0n) is 14.7. The number of thiazole rings is 1. The fourth-order valence-corrected chi connectivity index (χ4v) is 4.91. The van der Waals surface area contributed by atoms with E-state index in [1.807, 2.05) is 36.4 Å². The maximum absolute atomic E-state index is 6.01. The van der Waals surface area contributed by atoms with Crippen molar-refractivity contribution >= 4 is 40.0 Å². The molecule has 5 rings (SSSR count). The fourth-order valence-electron chi connectivity index (χ4n) is 3.04. The summed E-state index contributed by atoms with van der Waals surface area (Å²) in [5.41, 5.74) is 3.17. The highest BCUT2D eigenvalue weighted by Gasteiger charge is 2.15. The second kappa shape index (κ2) is 7.47. The Morgan fingerprint density at radius 1 is 1.00 bits per heavy atom. The highest BCUT2D eigenvalue weighted by Crippen LogP contribution is 2.33. The lowest BCUT2D eigenvalue weighted by Gasteiger charge is -2.09. The lowest BCUT2D eigenvalue weighted by atomic mass is 10.2. The lowest BCUT2D eigenvalue weighted by molar-refractivity contribution is 0.174. The SMILES string of the molecule is Clc1ccc(N=c2scc(-c3cccs3)n2Cc2ccc3c(c2)OCO3)cc1. The number of aromatic nitrogens is 1. The highest BCUT2D eigenvalue weighted by atomic mass is 35.5. The molecule has 1 aliphatic rings. The zero-order valence-corrected chi connectivity index (χ0v) is 17.1. The summed E-state index contributed by atoms with van der Waals surface area (Å²) in [7, 11) is 0. The number of hydrogen-bond donors (Lipinski definition) is 0. The van der Waals surface area contributed by atoms with Gasteiger partial charge in [0.2, 0.25) is 6.79 Å². The normalized spacial score (nSPS) is 13.2. The van der Waals surface area contributed by atoms with Crippen molar-refractivity contribution in [3.8, 4) is 22.1 Å². The van der Waals surface area contributed by atoms with Gasteiger partial charge in [0.05, 0.1) is 22.8 Å². The molecule has 4 aromatic rings. The van der Waals surface area contributed by atoms with Gasteiger partial charge in [-0.2, -0.15) is 0 Å². The molecule has 1 aliphatic heterocycles. The molecule has 4 nitrogen and oxygen atoms in total. The van der Waals surface area contributed by atoms with E-state index in [1.54, 1.807) is 22.7 Å². The monoisotopic (exact) mass is 426 g/mol. The molecule has 7 heteroatoms. The maximum Gasteiger partial charge on any atom is 0.231 e. The van der Waals surface area contributed by atoms with E-state index in [1.165, 1.54) is 4.88 Å². The molecule has 0 saturated heterocycles. The zero-order chi connectivity index (χ0) is 18.9. The molecule has 0 N–H and O–H groups in total. The van der Waals surface area contributed by atoms with E-state index < -0.39 is 0 Å². The first-order valence-electron chi connectivity index (χ1n) is 8.67. The largest absolute Gasteiger partial charge is 0.454 e. The molecule has 0 bridgehead atoms. The summed E-state index contributed by atoms with van der Waals surface area (Å²) >= 11 is 9.36. The first-order valence-corrected chi connectivity index (χ1v) is 10.8. The number of hydrogen-bond acceptors (Lipinski definition) is 5. The van der Waals surface area contributed by atoms with Crippen molar-refractivity contribution in [1.82, 2.24) is 4.57 Å². The van der Waals surface area contributed by atoms with Gasteiger partial charge >= 0.3 is 0 Å². The molecule has 3 heterocycles. The van der Waals surface area contributed by atoms with Gasteiger partial charge < -0.3 is 14.0 Å². The molecule has 0 fully saturated rings. The van der Waals surface area contributed by atoms with Gasteiger partial charge in [-0.05, 0) is 53.4 Å². The van der Waals surface area contributed by atoms with Crippen LogP contribution in [0.2, 0.25) is 5.02 Å². The summed E-state index contributed by atoms with van der Waals surface area (Å²) in [5.74, 6) is 1.59. The van der Waals surface area contributed by atoms with Crippen molar-refractivity contribution in [2.75, 3.05) is 6.79 Å². The summed E-state index contributed by atoms with van der Waals surface area (Å²) in [6.07, 6.45) is 0. The molecule has 0 radical (unpaired) electrons. The van der Waals surface area contributed by atoms with Crippen molar-refractivity contribution in [2.45, 2.75) is 6.54 Å². The number of halogens is 1. The van der Waals surface area contributed by atoms with Crippen LogP contribution < -0.4 is 14.3 Å². The minimum Gasteiger partial charge on any atom is -0.454 e. The average Bonchev–Trinajstić information content (AvgIpc) is 3.45. The number of ether oxygens (including phenoxy) is 2. The molecule has 0 amide bonds. The third kappa shape index (κ3) is 3.46. The molecule has 140 valence electrons. The molecule has 0 spiro atoms. The molecule has 28 heavy (non-hydrogen) atoms. The van der Waals surface area contributed by atoms with Gasteiger partial charge in [-0.1, -0.05) is 23.7 Å². The number of nitrogens with zero attached hydrogens (tertiary/aromatic N) is 2.